The molecule has 25 heavy (non-hydrogen) atoms. The quantitative estimate of drug-likeness (QED) is 0.838. The molecule has 1 aliphatic heterocycles. The molecule has 1 saturated heterocycles. The van der Waals surface area contributed by atoms with Crippen molar-refractivity contribution in [3.63, 3.8) is 0 Å². The number of carbonyl (C=O) groups excluding carboxylic acids is 2. The predicted molar refractivity (Wildman–Crippen MR) is 95.3 cm³/mol. The maximum atomic E-state index is 12.8. The number of ether oxygens (including phenoxy) is 1. The Morgan fingerprint density at radius 2 is 2.00 bits per heavy atom. The number of aromatic nitrogens is 1. The van der Waals surface area contributed by atoms with Crippen LogP contribution in [-0.2, 0) is 9.53 Å². The van der Waals surface area contributed by atoms with Gasteiger partial charge in [0.05, 0.1) is 6.04 Å². The lowest BCUT2D eigenvalue weighted by Gasteiger charge is -2.31. The van der Waals surface area contributed by atoms with Gasteiger partial charge in [0.25, 0.3) is 0 Å². The molecule has 2 amide bonds. The number of anilines is 1. The van der Waals surface area contributed by atoms with E-state index in [0.717, 1.165) is 37.8 Å². The van der Waals surface area contributed by atoms with Crippen LogP contribution >= 0.6 is 0 Å². The maximum Gasteiger partial charge on any atom is 0.416 e. The number of amides is 2. The van der Waals surface area contributed by atoms with E-state index in [-0.39, 0.29) is 24.1 Å². The summed E-state index contributed by atoms with van der Waals surface area (Å²) < 4.78 is 5.61. The minimum atomic E-state index is -0.558. The van der Waals surface area contributed by atoms with Crippen LogP contribution < -0.4 is 4.90 Å². The fourth-order valence-corrected chi connectivity index (χ4v) is 3.39. The van der Waals surface area contributed by atoms with Crippen LogP contribution in [0.1, 0.15) is 65.0 Å². The van der Waals surface area contributed by atoms with E-state index >= 15 is 0 Å². The normalized spacial score (nSPS) is 20.5. The van der Waals surface area contributed by atoms with Crippen LogP contribution in [0, 0.1) is 0 Å². The molecule has 1 saturated carbocycles. The average molecular weight is 345 g/mol. The van der Waals surface area contributed by atoms with Crippen LogP contribution in [-0.4, -0.2) is 40.1 Å². The SMILES string of the molecule is CC(=O)N1CCC[C@H]1c1cccnc1N(C(=O)OC(C)(C)C)C1CC1. The van der Waals surface area contributed by atoms with E-state index in [0.29, 0.717) is 5.82 Å². The molecule has 0 bridgehead atoms. The summed E-state index contributed by atoms with van der Waals surface area (Å²) in [5.74, 6) is 0.699. The lowest BCUT2D eigenvalue weighted by Crippen LogP contribution is -2.40. The van der Waals surface area contributed by atoms with Gasteiger partial charge in [-0.25, -0.2) is 9.78 Å². The lowest BCUT2D eigenvalue weighted by molar-refractivity contribution is -0.129. The van der Waals surface area contributed by atoms with Gasteiger partial charge in [-0.05, 0) is 52.5 Å². The molecule has 1 atom stereocenters. The highest BCUT2D eigenvalue weighted by atomic mass is 16.6. The van der Waals surface area contributed by atoms with Gasteiger partial charge in [-0.2, -0.15) is 0 Å². The summed E-state index contributed by atoms with van der Waals surface area (Å²) in [6.07, 6.45) is 5.11. The van der Waals surface area contributed by atoms with E-state index in [9.17, 15) is 9.59 Å². The Hall–Kier alpha value is -2.11. The summed E-state index contributed by atoms with van der Waals surface area (Å²) in [6, 6.07) is 3.96. The monoisotopic (exact) mass is 345 g/mol. The second kappa shape index (κ2) is 6.65. The summed E-state index contributed by atoms with van der Waals surface area (Å²) >= 11 is 0. The van der Waals surface area contributed by atoms with E-state index in [4.69, 9.17) is 4.74 Å². The molecule has 3 rings (SSSR count). The molecule has 1 aliphatic carbocycles. The first-order valence-electron chi connectivity index (χ1n) is 9.02. The molecule has 2 aliphatic rings. The minimum absolute atomic E-state index is 0.0233. The van der Waals surface area contributed by atoms with E-state index in [2.05, 4.69) is 4.98 Å². The Bertz CT molecular complexity index is 664. The van der Waals surface area contributed by atoms with Crippen LogP contribution in [0.15, 0.2) is 18.3 Å². The van der Waals surface area contributed by atoms with Gasteiger partial charge in [0.2, 0.25) is 5.91 Å². The topological polar surface area (TPSA) is 62.7 Å². The van der Waals surface area contributed by atoms with Gasteiger partial charge >= 0.3 is 6.09 Å². The summed E-state index contributed by atoms with van der Waals surface area (Å²) in [7, 11) is 0. The fraction of sp³-hybridized carbons (Fsp3) is 0.632. The third-order valence-electron chi connectivity index (χ3n) is 4.56. The van der Waals surface area contributed by atoms with Crippen molar-refractivity contribution in [2.75, 3.05) is 11.4 Å². The van der Waals surface area contributed by atoms with Gasteiger partial charge in [-0.1, -0.05) is 6.07 Å². The number of hydrogen-bond acceptors (Lipinski definition) is 4. The molecular weight excluding hydrogens is 318 g/mol. The van der Waals surface area contributed by atoms with Gasteiger partial charge in [0.1, 0.15) is 11.4 Å². The fourth-order valence-electron chi connectivity index (χ4n) is 3.39. The highest BCUT2D eigenvalue weighted by molar-refractivity contribution is 5.89. The van der Waals surface area contributed by atoms with Crippen molar-refractivity contribution in [1.29, 1.82) is 0 Å². The number of rotatable bonds is 3. The molecule has 2 heterocycles. The van der Waals surface area contributed by atoms with E-state index in [1.54, 1.807) is 18.0 Å². The molecule has 2 fully saturated rings. The summed E-state index contributed by atoms with van der Waals surface area (Å²) in [5, 5.41) is 0. The van der Waals surface area contributed by atoms with Crippen molar-refractivity contribution in [2.45, 2.75) is 71.1 Å². The Kier molecular flexibility index (Phi) is 4.71. The van der Waals surface area contributed by atoms with Crippen molar-refractivity contribution >= 4 is 17.8 Å². The largest absolute Gasteiger partial charge is 0.443 e. The highest BCUT2D eigenvalue weighted by Gasteiger charge is 2.40. The van der Waals surface area contributed by atoms with Gasteiger partial charge in [0, 0.05) is 31.3 Å². The number of pyridine rings is 1. The number of carbonyl (C=O) groups is 2. The van der Waals surface area contributed by atoms with Crippen molar-refractivity contribution < 1.29 is 14.3 Å². The molecule has 0 spiro atoms. The van der Waals surface area contributed by atoms with Gasteiger partial charge in [0.15, 0.2) is 0 Å². The minimum Gasteiger partial charge on any atom is -0.443 e. The first kappa shape index (κ1) is 17.7. The molecule has 0 radical (unpaired) electrons. The highest BCUT2D eigenvalue weighted by Crippen LogP contribution is 2.40. The molecule has 6 nitrogen and oxygen atoms in total. The summed E-state index contributed by atoms with van der Waals surface area (Å²) in [4.78, 5) is 32.9. The van der Waals surface area contributed by atoms with Gasteiger partial charge < -0.3 is 9.64 Å². The van der Waals surface area contributed by atoms with Crippen LogP contribution in [0.25, 0.3) is 0 Å². The molecule has 136 valence electrons. The standard InChI is InChI=1S/C19H27N3O3/c1-13(23)21-12-6-8-16(21)15-7-5-11-20-17(15)22(14-9-10-14)18(24)25-19(2,3)4/h5,7,11,14,16H,6,8-10,12H2,1-4H3/t16-/m0/s1. The Labute approximate surface area is 149 Å². The number of hydrogen-bond donors (Lipinski definition) is 0. The summed E-state index contributed by atoms with van der Waals surface area (Å²) in [5.41, 5.74) is 0.380. The van der Waals surface area contributed by atoms with E-state index in [1.807, 2.05) is 37.8 Å². The third-order valence-corrected chi connectivity index (χ3v) is 4.56. The predicted octanol–water partition coefficient (Wildman–Crippen LogP) is 3.67. The average Bonchev–Trinajstić information content (AvgIpc) is 3.21. The van der Waals surface area contributed by atoms with Crippen molar-refractivity contribution in [2.24, 2.45) is 0 Å². The van der Waals surface area contributed by atoms with Crippen molar-refractivity contribution in [3.8, 4) is 0 Å². The maximum absolute atomic E-state index is 12.8. The van der Waals surface area contributed by atoms with E-state index in [1.165, 1.54) is 0 Å². The second-order valence-corrected chi connectivity index (χ2v) is 7.87. The lowest BCUT2D eigenvalue weighted by atomic mass is 10.0. The van der Waals surface area contributed by atoms with Crippen LogP contribution in [0.5, 0.6) is 0 Å². The molecule has 0 N–H and O–H groups in total. The Morgan fingerprint density at radius 3 is 2.60 bits per heavy atom. The van der Waals surface area contributed by atoms with Crippen LogP contribution in [0.4, 0.5) is 10.6 Å². The molecule has 1 aromatic rings. The zero-order valence-corrected chi connectivity index (χ0v) is 15.5. The Morgan fingerprint density at radius 1 is 1.28 bits per heavy atom. The molecule has 0 unspecified atom stereocenters. The molecule has 0 aromatic carbocycles. The Balaban J connectivity index is 1.95. The van der Waals surface area contributed by atoms with Crippen molar-refractivity contribution in [1.82, 2.24) is 9.88 Å². The van der Waals surface area contributed by atoms with Crippen LogP contribution in [0.3, 0.4) is 0 Å². The van der Waals surface area contributed by atoms with Crippen molar-refractivity contribution in [3.05, 3.63) is 23.9 Å². The number of likely N-dealkylation sites (tertiary alicyclic amines) is 1. The second-order valence-electron chi connectivity index (χ2n) is 7.87. The third kappa shape index (κ3) is 3.94. The zero-order chi connectivity index (χ0) is 18.2. The smallest absolute Gasteiger partial charge is 0.416 e. The molecule has 6 heteroatoms. The van der Waals surface area contributed by atoms with Gasteiger partial charge in [-0.15, -0.1) is 0 Å². The molecular formula is C19H27N3O3. The number of nitrogens with zero attached hydrogens (tertiary/aromatic N) is 3. The van der Waals surface area contributed by atoms with Gasteiger partial charge in [-0.3, -0.25) is 9.69 Å². The summed E-state index contributed by atoms with van der Waals surface area (Å²) in [6.45, 7) is 7.95. The first-order chi connectivity index (χ1) is 11.8. The zero-order valence-electron chi connectivity index (χ0n) is 15.5. The first-order valence-corrected chi connectivity index (χ1v) is 9.02. The van der Waals surface area contributed by atoms with Crippen LogP contribution in [0.2, 0.25) is 0 Å². The van der Waals surface area contributed by atoms with E-state index < -0.39 is 5.60 Å². The molecule has 1 aromatic heterocycles.